The lowest BCUT2D eigenvalue weighted by Gasteiger charge is -2.07. The van der Waals surface area contributed by atoms with Crippen molar-refractivity contribution in [3.63, 3.8) is 0 Å². The van der Waals surface area contributed by atoms with Gasteiger partial charge in [-0.2, -0.15) is 0 Å². The van der Waals surface area contributed by atoms with E-state index in [1.54, 1.807) is 12.1 Å². The van der Waals surface area contributed by atoms with Gasteiger partial charge in [0.2, 0.25) is 0 Å². The predicted molar refractivity (Wildman–Crippen MR) is 56.9 cm³/mol. The minimum atomic E-state index is -0.272. The molecule has 5 heteroatoms. The molecule has 4 N–H and O–H groups in total. The Morgan fingerprint density at radius 2 is 1.92 bits per heavy atom. The van der Waals surface area contributed by atoms with Crippen molar-refractivity contribution in [2.45, 2.75) is 6.04 Å². The standard InChI is InChI=1S/C8H11FN2.2ClH/c9-7-3-1-2-6(4-7)8(11)5-10;;/h1-4,8H,5,10-11H2;2*1H/t8-;;/m1../s1. The zero-order valence-corrected chi connectivity index (χ0v) is 8.58. The van der Waals surface area contributed by atoms with E-state index in [4.69, 9.17) is 11.5 Å². The van der Waals surface area contributed by atoms with Crippen molar-refractivity contribution in [3.8, 4) is 0 Å². The highest BCUT2D eigenvalue weighted by Gasteiger charge is 2.02. The van der Waals surface area contributed by atoms with Gasteiger partial charge in [0.05, 0.1) is 0 Å². The maximum Gasteiger partial charge on any atom is 0.123 e. The Bertz CT molecular complexity index is 245. The summed E-state index contributed by atoms with van der Waals surface area (Å²) in [6, 6.07) is 5.91. The number of rotatable bonds is 2. The van der Waals surface area contributed by atoms with E-state index in [0.717, 1.165) is 5.56 Å². The molecule has 0 saturated heterocycles. The van der Waals surface area contributed by atoms with Gasteiger partial charge in [0, 0.05) is 12.6 Å². The highest BCUT2D eigenvalue weighted by Crippen LogP contribution is 2.09. The number of halogens is 3. The van der Waals surface area contributed by atoms with Gasteiger partial charge in [0.25, 0.3) is 0 Å². The molecule has 0 aliphatic carbocycles. The SMILES string of the molecule is Cl.Cl.NC[C@@H](N)c1cccc(F)c1. The number of nitrogens with two attached hydrogens (primary N) is 2. The highest BCUT2D eigenvalue weighted by molar-refractivity contribution is 5.85. The molecule has 1 atom stereocenters. The van der Waals surface area contributed by atoms with Crippen molar-refractivity contribution in [1.29, 1.82) is 0 Å². The molecule has 76 valence electrons. The largest absolute Gasteiger partial charge is 0.329 e. The van der Waals surface area contributed by atoms with E-state index < -0.39 is 0 Å². The molecule has 0 aliphatic rings. The smallest absolute Gasteiger partial charge is 0.123 e. The summed E-state index contributed by atoms with van der Waals surface area (Å²) in [5.74, 6) is -0.272. The zero-order valence-electron chi connectivity index (χ0n) is 6.94. The molecule has 0 saturated carbocycles. The second-order valence-corrected chi connectivity index (χ2v) is 2.40. The van der Waals surface area contributed by atoms with Crippen LogP contribution in [0.15, 0.2) is 24.3 Å². The molecule has 0 aliphatic heterocycles. The highest BCUT2D eigenvalue weighted by atomic mass is 35.5. The van der Waals surface area contributed by atoms with E-state index in [-0.39, 0.29) is 36.7 Å². The molecule has 1 aromatic rings. The van der Waals surface area contributed by atoms with Crippen LogP contribution >= 0.6 is 24.8 Å². The summed E-state index contributed by atoms with van der Waals surface area (Å²) in [4.78, 5) is 0. The molecule has 0 radical (unpaired) electrons. The monoisotopic (exact) mass is 226 g/mol. The molecular weight excluding hydrogens is 214 g/mol. The third kappa shape index (κ3) is 4.43. The third-order valence-electron chi connectivity index (χ3n) is 1.53. The predicted octanol–water partition coefficient (Wildman–Crippen LogP) is 1.63. The summed E-state index contributed by atoms with van der Waals surface area (Å²) in [5.41, 5.74) is 11.6. The van der Waals surface area contributed by atoms with Crippen LogP contribution in [0, 0.1) is 5.82 Å². The number of benzene rings is 1. The summed E-state index contributed by atoms with van der Waals surface area (Å²) in [7, 11) is 0. The van der Waals surface area contributed by atoms with Crippen molar-refractivity contribution >= 4 is 24.8 Å². The molecule has 2 nitrogen and oxygen atoms in total. The summed E-state index contributed by atoms with van der Waals surface area (Å²) >= 11 is 0. The summed E-state index contributed by atoms with van der Waals surface area (Å²) < 4.78 is 12.6. The molecule has 1 rings (SSSR count). The first-order chi connectivity index (χ1) is 5.24. The van der Waals surface area contributed by atoms with Gasteiger partial charge in [0.1, 0.15) is 5.82 Å². The fourth-order valence-corrected chi connectivity index (χ4v) is 0.873. The van der Waals surface area contributed by atoms with Gasteiger partial charge < -0.3 is 11.5 Å². The molecule has 0 spiro atoms. The molecule has 0 fully saturated rings. The second-order valence-electron chi connectivity index (χ2n) is 2.40. The van der Waals surface area contributed by atoms with E-state index in [2.05, 4.69) is 0 Å². The first-order valence-corrected chi connectivity index (χ1v) is 3.45. The van der Waals surface area contributed by atoms with Crippen LogP contribution in [0.5, 0.6) is 0 Å². The lowest BCUT2D eigenvalue weighted by Crippen LogP contribution is -2.20. The van der Waals surface area contributed by atoms with Crippen LogP contribution in [0.3, 0.4) is 0 Å². The van der Waals surface area contributed by atoms with Crippen LogP contribution < -0.4 is 11.5 Å². The second kappa shape index (κ2) is 7.09. The first-order valence-electron chi connectivity index (χ1n) is 3.45. The quantitative estimate of drug-likeness (QED) is 0.806. The summed E-state index contributed by atoms with van der Waals surface area (Å²) in [5, 5.41) is 0. The molecular formula is C8H13Cl2FN2. The minimum Gasteiger partial charge on any atom is -0.329 e. The van der Waals surface area contributed by atoms with E-state index in [1.807, 2.05) is 0 Å². The average Bonchev–Trinajstić information content (AvgIpc) is 2.03. The van der Waals surface area contributed by atoms with Gasteiger partial charge in [0.15, 0.2) is 0 Å². The minimum absolute atomic E-state index is 0. The van der Waals surface area contributed by atoms with Crippen molar-refractivity contribution in [3.05, 3.63) is 35.6 Å². The molecule has 0 aromatic heterocycles. The molecule has 0 unspecified atom stereocenters. The van der Waals surface area contributed by atoms with Gasteiger partial charge in [-0.15, -0.1) is 24.8 Å². The van der Waals surface area contributed by atoms with Crippen LogP contribution in [0.4, 0.5) is 4.39 Å². The van der Waals surface area contributed by atoms with Gasteiger partial charge in [-0.25, -0.2) is 4.39 Å². The lowest BCUT2D eigenvalue weighted by atomic mass is 10.1. The van der Waals surface area contributed by atoms with E-state index in [1.165, 1.54) is 12.1 Å². The fraction of sp³-hybridized carbons (Fsp3) is 0.250. The van der Waals surface area contributed by atoms with E-state index in [0.29, 0.717) is 6.54 Å². The van der Waals surface area contributed by atoms with E-state index in [9.17, 15) is 4.39 Å². The molecule has 0 amide bonds. The lowest BCUT2D eigenvalue weighted by molar-refractivity contribution is 0.620. The zero-order chi connectivity index (χ0) is 8.27. The van der Waals surface area contributed by atoms with Crippen LogP contribution in [0.2, 0.25) is 0 Å². The summed E-state index contributed by atoms with van der Waals surface area (Å²) in [6.07, 6.45) is 0. The van der Waals surface area contributed by atoms with Crippen molar-refractivity contribution in [1.82, 2.24) is 0 Å². The van der Waals surface area contributed by atoms with Gasteiger partial charge >= 0.3 is 0 Å². The molecule has 1 aromatic carbocycles. The van der Waals surface area contributed by atoms with Crippen molar-refractivity contribution in [2.75, 3.05) is 6.54 Å². The third-order valence-corrected chi connectivity index (χ3v) is 1.53. The number of hydrogen-bond acceptors (Lipinski definition) is 2. The number of hydrogen-bond donors (Lipinski definition) is 2. The van der Waals surface area contributed by atoms with Gasteiger partial charge in [-0.3, -0.25) is 0 Å². The summed E-state index contributed by atoms with van der Waals surface area (Å²) in [6.45, 7) is 0.337. The Kier molecular flexibility index (Phi) is 8.26. The molecule has 0 heterocycles. The Labute approximate surface area is 89.3 Å². The fourth-order valence-electron chi connectivity index (χ4n) is 0.873. The van der Waals surface area contributed by atoms with E-state index >= 15 is 0 Å². The average molecular weight is 227 g/mol. The Balaban J connectivity index is 0. The van der Waals surface area contributed by atoms with Crippen LogP contribution in [-0.4, -0.2) is 6.54 Å². The first kappa shape index (κ1) is 15.1. The van der Waals surface area contributed by atoms with Crippen LogP contribution in [0.1, 0.15) is 11.6 Å². The topological polar surface area (TPSA) is 52.0 Å². The van der Waals surface area contributed by atoms with Crippen molar-refractivity contribution < 1.29 is 4.39 Å². The van der Waals surface area contributed by atoms with Crippen LogP contribution in [-0.2, 0) is 0 Å². The maximum absolute atomic E-state index is 12.6. The maximum atomic E-state index is 12.6. The van der Waals surface area contributed by atoms with Gasteiger partial charge in [-0.05, 0) is 17.7 Å². The Morgan fingerprint density at radius 1 is 1.31 bits per heavy atom. The van der Waals surface area contributed by atoms with Crippen LogP contribution in [0.25, 0.3) is 0 Å². The molecule has 13 heavy (non-hydrogen) atoms. The normalized spacial score (nSPS) is 11.0. The van der Waals surface area contributed by atoms with Crippen molar-refractivity contribution in [2.24, 2.45) is 11.5 Å². The van der Waals surface area contributed by atoms with Gasteiger partial charge in [-0.1, -0.05) is 12.1 Å². The Morgan fingerprint density at radius 3 is 2.38 bits per heavy atom. The molecule has 0 bridgehead atoms. The Hall–Kier alpha value is -0.350.